The zero-order chi connectivity index (χ0) is 9.15. The molecule has 1 N–H and O–H groups in total. The number of ketones is 1. The Morgan fingerprint density at radius 2 is 2.08 bits per heavy atom. The van der Waals surface area contributed by atoms with Gasteiger partial charge in [0.25, 0.3) is 0 Å². The van der Waals surface area contributed by atoms with Gasteiger partial charge in [0.2, 0.25) is 0 Å². The average molecular weight is 168 g/mol. The lowest BCUT2D eigenvalue weighted by Gasteiger charge is -2.38. The summed E-state index contributed by atoms with van der Waals surface area (Å²) in [6.07, 6.45) is 1.29. The summed E-state index contributed by atoms with van der Waals surface area (Å²) in [5, 5.41) is 10.1. The Morgan fingerprint density at radius 1 is 1.50 bits per heavy atom. The van der Waals surface area contributed by atoms with Crippen LogP contribution in [0.2, 0.25) is 0 Å². The second kappa shape index (κ2) is 1.92. The van der Waals surface area contributed by atoms with E-state index < -0.39 is 5.60 Å². The molecule has 0 saturated heterocycles. The lowest BCUT2D eigenvalue weighted by molar-refractivity contribution is -0.143. The fourth-order valence-corrected chi connectivity index (χ4v) is 2.88. The van der Waals surface area contributed by atoms with Crippen LogP contribution in [0.25, 0.3) is 0 Å². The minimum Gasteiger partial charge on any atom is -0.382 e. The molecule has 0 aromatic carbocycles. The highest BCUT2D eigenvalue weighted by molar-refractivity contribution is 5.91. The highest BCUT2D eigenvalue weighted by Gasteiger charge is 2.63. The van der Waals surface area contributed by atoms with Crippen molar-refractivity contribution >= 4 is 5.78 Å². The molecule has 0 aromatic heterocycles. The molecule has 0 radical (unpaired) electrons. The zero-order valence-electron chi connectivity index (χ0n) is 7.92. The predicted molar refractivity (Wildman–Crippen MR) is 45.6 cm³/mol. The molecule has 2 saturated carbocycles. The van der Waals surface area contributed by atoms with E-state index in [-0.39, 0.29) is 17.1 Å². The van der Waals surface area contributed by atoms with E-state index in [1.165, 1.54) is 0 Å². The molecular weight excluding hydrogens is 152 g/mol. The number of aliphatic hydroxyl groups is 1. The largest absolute Gasteiger partial charge is 0.382 e. The number of fused-ring (bicyclic) bond motifs is 2. The van der Waals surface area contributed by atoms with Gasteiger partial charge in [-0.2, -0.15) is 0 Å². The summed E-state index contributed by atoms with van der Waals surface area (Å²) < 4.78 is 0. The van der Waals surface area contributed by atoms with Crippen LogP contribution in [-0.4, -0.2) is 16.5 Å². The van der Waals surface area contributed by atoms with Crippen molar-refractivity contribution in [2.24, 2.45) is 17.3 Å². The molecule has 68 valence electrons. The van der Waals surface area contributed by atoms with Crippen molar-refractivity contribution in [1.29, 1.82) is 0 Å². The molecule has 3 atom stereocenters. The first-order valence-corrected chi connectivity index (χ1v) is 4.64. The molecule has 0 spiro atoms. The van der Waals surface area contributed by atoms with Gasteiger partial charge in [0.05, 0.1) is 0 Å². The Kier molecular flexibility index (Phi) is 1.32. The van der Waals surface area contributed by atoms with Crippen LogP contribution in [-0.2, 0) is 4.79 Å². The highest BCUT2D eigenvalue weighted by atomic mass is 16.3. The van der Waals surface area contributed by atoms with Crippen LogP contribution in [0.15, 0.2) is 0 Å². The van der Waals surface area contributed by atoms with E-state index >= 15 is 0 Å². The van der Waals surface area contributed by atoms with Gasteiger partial charge in [-0.25, -0.2) is 0 Å². The zero-order valence-corrected chi connectivity index (χ0v) is 7.92. The summed E-state index contributed by atoms with van der Waals surface area (Å²) in [7, 11) is 0. The van der Waals surface area contributed by atoms with Crippen LogP contribution in [0, 0.1) is 17.3 Å². The average Bonchev–Trinajstić information content (AvgIpc) is 2.34. The number of hydrogen-bond donors (Lipinski definition) is 1. The molecule has 2 aliphatic carbocycles. The van der Waals surface area contributed by atoms with Crippen molar-refractivity contribution in [3.8, 4) is 0 Å². The van der Waals surface area contributed by atoms with Gasteiger partial charge >= 0.3 is 0 Å². The molecule has 2 rings (SSSR count). The first-order chi connectivity index (χ1) is 5.39. The van der Waals surface area contributed by atoms with E-state index in [9.17, 15) is 9.90 Å². The minimum absolute atomic E-state index is 0.0688. The maximum atomic E-state index is 11.4. The van der Waals surface area contributed by atoms with Crippen molar-refractivity contribution in [2.75, 3.05) is 0 Å². The molecule has 0 aromatic rings. The van der Waals surface area contributed by atoms with Crippen molar-refractivity contribution < 1.29 is 9.90 Å². The molecule has 2 fully saturated rings. The van der Waals surface area contributed by atoms with Gasteiger partial charge in [0.1, 0.15) is 5.60 Å². The number of rotatable bonds is 0. The predicted octanol–water partition coefficient (Wildman–Crippen LogP) is 1.37. The van der Waals surface area contributed by atoms with Crippen molar-refractivity contribution in [3.63, 3.8) is 0 Å². The first-order valence-electron chi connectivity index (χ1n) is 4.64. The van der Waals surface area contributed by atoms with Crippen LogP contribution in [0.1, 0.15) is 33.6 Å². The lowest BCUT2D eigenvalue weighted by Crippen LogP contribution is -2.45. The first kappa shape index (κ1) is 8.24. The van der Waals surface area contributed by atoms with Crippen LogP contribution >= 0.6 is 0 Å². The Hall–Kier alpha value is -0.370. The molecule has 0 heterocycles. The summed E-state index contributed by atoms with van der Waals surface area (Å²) in [6, 6.07) is 0. The second-order valence-corrected chi connectivity index (χ2v) is 5.00. The van der Waals surface area contributed by atoms with E-state index in [1.807, 2.05) is 6.92 Å². The molecule has 3 unspecified atom stereocenters. The van der Waals surface area contributed by atoms with E-state index in [2.05, 4.69) is 13.8 Å². The van der Waals surface area contributed by atoms with Gasteiger partial charge in [0, 0.05) is 6.42 Å². The third-order valence-electron chi connectivity index (χ3n) is 4.36. The Bertz CT molecular complexity index is 244. The highest BCUT2D eigenvalue weighted by Crippen LogP contribution is 2.59. The topological polar surface area (TPSA) is 37.3 Å². The summed E-state index contributed by atoms with van der Waals surface area (Å²) in [6.45, 7) is 6.32. The van der Waals surface area contributed by atoms with Gasteiger partial charge in [0.15, 0.2) is 5.78 Å². The normalized spacial score (nSPS) is 50.2. The number of carbonyl (C=O) groups excluding carboxylic acids is 1. The molecule has 2 nitrogen and oxygen atoms in total. The Balaban J connectivity index is 2.42. The van der Waals surface area contributed by atoms with Crippen molar-refractivity contribution in [3.05, 3.63) is 0 Å². The maximum absolute atomic E-state index is 11.4. The molecular formula is C10H16O2. The smallest absolute Gasteiger partial charge is 0.164 e. The number of carbonyl (C=O) groups is 1. The van der Waals surface area contributed by atoms with Crippen LogP contribution in [0.4, 0.5) is 0 Å². The maximum Gasteiger partial charge on any atom is 0.164 e. The van der Waals surface area contributed by atoms with E-state index in [0.717, 1.165) is 0 Å². The fourth-order valence-electron chi connectivity index (χ4n) is 2.88. The van der Waals surface area contributed by atoms with E-state index in [4.69, 9.17) is 0 Å². The summed E-state index contributed by atoms with van der Waals surface area (Å²) in [4.78, 5) is 11.4. The van der Waals surface area contributed by atoms with Gasteiger partial charge < -0.3 is 5.11 Å². The fraction of sp³-hybridized carbons (Fsp3) is 0.900. The summed E-state index contributed by atoms with van der Waals surface area (Å²) in [5.41, 5.74) is -0.836. The molecule has 0 aliphatic heterocycles. The Labute approximate surface area is 73.0 Å². The second-order valence-electron chi connectivity index (χ2n) is 5.00. The SMILES string of the molecule is CC1C2(O)CC(CC2=O)C1(C)C. The van der Waals surface area contributed by atoms with E-state index in [0.29, 0.717) is 18.8 Å². The van der Waals surface area contributed by atoms with Crippen LogP contribution in [0.3, 0.4) is 0 Å². The summed E-state index contributed by atoms with van der Waals surface area (Å²) in [5.74, 6) is 0.598. The van der Waals surface area contributed by atoms with Crippen molar-refractivity contribution in [2.45, 2.75) is 39.2 Å². The van der Waals surface area contributed by atoms with Gasteiger partial charge in [-0.15, -0.1) is 0 Å². The summed E-state index contributed by atoms with van der Waals surface area (Å²) >= 11 is 0. The lowest BCUT2D eigenvalue weighted by atomic mass is 9.68. The molecule has 12 heavy (non-hydrogen) atoms. The number of Topliss-reactive ketones (excluding diaryl/α,β-unsaturated/α-hetero) is 1. The quantitative estimate of drug-likeness (QED) is 0.593. The Morgan fingerprint density at radius 3 is 2.42 bits per heavy atom. The number of hydrogen-bond acceptors (Lipinski definition) is 2. The van der Waals surface area contributed by atoms with Gasteiger partial charge in [-0.05, 0) is 23.7 Å². The van der Waals surface area contributed by atoms with E-state index in [1.54, 1.807) is 0 Å². The van der Waals surface area contributed by atoms with Crippen LogP contribution < -0.4 is 0 Å². The third-order valence-corrected chi connectivity index (χ3v) is 4.36. The molecule has 0 amide bonds. The molecule has 2 bridgehead atoms. The minimum atomic E-state index is -0.978. The molecule has 2 aliphatic rings. The van der Waals surface area contributed by atoms with Gasteiger partial charge in [-0.1, -0.05) is 20.8 Å². The van der Waals surface area contributed by atoms with Gasteiger partial charge in [-0.3, -0.25) is 4.79 Å². The van der Waals surface area contributed by atoms with Crippen LogP contribution in [0.5, 0.6) is 0 Å². The molecule has 2 heteroatoms. The van der Waals surface area contributed by atoms with Crippen molar-refractivity contribution in [1.82, 2.24) is 0 Å². The third kappa shape index (κ3) is 0.674. The standard InChI is InChI=1S/C10H16O2/c1-6-9(2,3)7-4-8(11)10(6,12)5-7/h6-7,12H,4-5H2,1-3H3. The monoisotopic (exact) mass is 168 g/mol.